The van der Waals surface area contributed by atoms with E-state index in [0.29, 0.717) is 19.6 Å². The van der Waals surface area contributed by atoms with E-state index in [1.165, 1.54) is 0 Å². The predicted molar refractivity (Wildman–Crippen MR) is 99.0 cm³/mol. The molecule has 0 fully saturated rings. The Morgan fingerprint density at radius 2 is 1.92 bits per heavy atom. The van der Waals surface area contributed by atoms with Crippen molar-refractivity contribution in [3.8, 4) is 0 Å². The number of hydrogen-bond acceptors (Lipinski definition) is 4. The summed E-state index contributed by atoms with van der Waals surface area (Å²) in [6.07, 6.45) is 5.10. The number of benzene rings is 1. The van der Waals surface area contributed by atoms with Crippen LogP contribution in [0.5, 0.6) is 0 Å². The monoisotopic (exact) mass is 336 g/mol. The standard InChI is InChI=1S/C21H24N2O2/c1-2-23-14-10-19(18-6-4-3-5-7-18)20(16-23)21(24)25-15-11-17-8-12-22-13-9-17/h3-9,12-13H,2,10-11,14-16H2,1H3. The predicted octanol–water partition coefficient (Wildman–Crippen LogP) is 3.35. The molecule has 0 N–H and O–H groups in total. The van der Waals surface area contributed by atoms with Crippen LogP contribution in [-0.2, 0) is 16.0 Å². The Hall–Kier alpha value is -2.46. The first-order valence-corrected chi connectivity index (χ1v) is 8.83. The summed E-state index contributed by atoms with van der Waals surface area (Å²) in [6, 6.07) is 14.1. The highest BCUT2D eigenvalue weighted by Crippen LogP contribution is 2.28. The van der Waals surface area contributed by atoms with Crippen LogP contribution in [0.25, 0.3) is 5.57 Å². The van der Waals surface area contributed by atoms with Gasteiger partial charge in [0.1, 0.15) is 0 Å². The molecule has 1 aromatic carbocycles. The summed E-state index contributed by atoms with van der Waals surface area (Å²) in [5.41, 5.74) is 4.17. The molecule has 1 aliphatic heterocycles. The van der Waals surface area contributed by atoms with Crippen molar-refractivity contribution in [2.24, 2.45) is 0 Å². The number of esters is 1. The molecule has 0 radical (unpaired) electrons. The summed E-state index contributed by atoms with van der Waals surface area (Å²) in [5.74, 6) is -0.189. The quantitative estimate of drug-likeness (QED) is 0.759. The van der Waals surface area contributed by atoms with E-state index in [1.54, 1.807) is 12.4 Å². The molecular formula is C21H24N2O2. The zero-order valence-electron chi connectivity index (χ0n) is 14.6. The first-order chi connectivity index (χ1) is 12.3. The second-order valence-electron chi connectivity index (χ2n) is 6.18. The summed E-state index contributed by atoms with van der Waals surface area (Å²) < 4.78 is 5.59. The largest absolute Gasteiger partial charge is 0.462 e. The number of rotatable bonds is 6. The number of aromatic nitrogens is 1. The summed E-state index contributed by atoms with van der Waals surface area (Å²) in [5, 5.41) is 0. The van der Waals surface area contributed by atoms with Gasteiger partial charge >= 0.3 is 5.97 Å². The lowest BCUT2D eigenvalue weighted by Gasteiger charge is -2.29. The lowest BCUT2D eigenvalue weighted by Crippen LogP contribution is -2.34. The molecule has 2 heterocycles. The van der Waals surface area contributed by atoms with Crippen LogP contribution < -0.4 is 0 Å². The van der Waals surface area contributed by atoms with Crippen molar-refractivity contribution < 1.29 is 9.53 Å². The molecule has 4 heteroatoms. The van der Waals surface area contributed by atoms with E-state index in [1.807, 2.05) is 30.3 Å². The molecule has 0 bridgehead atoms. The van der Waals surface area contributed by atoms with E-state index in [-0.39, 0.29) is 5.97 Å². The van der Waals surface area contributed by atoms with E-state index in [9.17, 15) is 4.79 Å². The maximum absolute atomic E-state index is 12.7. The van der Waals surface area contributed by atoms with E-state index in [2.05, 4.69) is 28.9 Å². The fraction of sp³-hybridized carbons (Fsp3) is 0.333. The van der Waals surface area contributed by atoms with Crippen molar-refractivity contribution >= 4 is 11.5 Å². The van der Waals surface area contributed by atoms with Gasteiger partial charge in [-0.25, -0.2) is 4.79 Å². The summed E-state index contributed by atoms with van der Waals surface area (Å²) in [6.45, 7) is 5.10. The highest BCUT2D eigenvalue weighted by atomic mass is 16.5. The molecule has 0 amide bonds. The van der Waals surface area contributed by atoms with Crippen LogP contribution in [0.3, 0.4) is 0 Å². The number of ether oxygens (including phenoxy) is 1. The van der Waals surface area contributed by atoms with Gasteiger partial charge in [0.25, 0.3) is 0 Å². The zero-order valence-corrected chi connectivity index (χ0v) is 14.6. The summed E-state index contributed by atoms with van der Waals surface area (Å²) >= 11 is 0. The summed E-state index contributed by atoms with van der Waals surface area (Å²) in [4.78, 5) is 19.0. The van der Waals surface area contributed by atoms with Crippen molar-refractivity contribution in [1.29, 1.82) is 0 Å². The second kappa shape index (κ2) is 8.58. The van der Waals surface area contributed by atoms with Crippen molar-refractivity contribution in [2.45, 2.75) is 19.8 Å². The molecule has 1 aromatic heterocycles. The van der Waals surface area contributed by atoms with Crippen LogP contribution in [0.4, 0.5) is 0 Å². The third-order valence-electron chi connectivity index (χ3n) is 4.61. The van der Waals surface area contributed by atoms with Crippen LogP contribution in [-0.4, -0.2) is 42.1 Å². The molecular weight excluding hydrogens is 312 g/mol. The van der Waals surface area contributed by atoms with E-state index >= 15 is 0 Å². The Kier molecular flexibility index (Phi) is 5.96. The number of pyridine rings is 1. The number of carbonyl (C=O) groups is 1. The molecule has 4 nitrogen and oxygen atoms in total. The molecule has 0 saturated heterocycles. The Morgan fingerprint density at radius 3 is 2.64 bits per heavy atom. The Labute approximate surface area is 149 Å². The Balaban J connectivity index is 1.72. The van der Waals surface area contributed by atoms with Gasteiger partial charge < -0.3 is 4.74 Å². The first kappa shape index (κ1) is 17.4. The van der Waals surface area contributed by atoms with Gasteiger partial charge in [0.15, 0.2) is 0 Å². The van der Waals surface area contributed by atoms with Gasteiger partial charge in [-0.1, -0.05) is 37.3 Å². The summed E-state index contributed by atoms with van der Waals surface area (Å²) in [7, 11) is 0. The third kappa shape index (κ3) is 4.54. The number of carbonyl (C=O) groups excluding carboxylic acids is 1. The average molecular weight is 336 g/mol. The molecule has 0 unspecified atom stereocenters. The normalized spacial score (nSPS) is 15.2. The van der Waals surface area contributed by atoms with Crippen molar-refractivity contribution in [3.63, 3.8) is 0 Å². The first-order valence-electron chi connectivity index (χ1n) is 8.83. The molecule has 0 spiro atoms. The Bertz CT molecular complexity index is 726. The van der Waals surface area contributed by atoms with Gasteiger partial charge in [0, 0.05) is 31.9 Å². The third-order valence-corrected chi connectivity index (χ3v) is 4.61. The number of likely N-dealkylation sites (N-methyl/N-ethyl adjacent to an activating group) is 1. The molecule has 2 aromatic rings. The molecule has 0 atom stereocenters. The van der Waals surface area contributed by atoms with Gasteiger partial charge in [0.05, 0.1) is 12.2 Å². The molecule has 0 saturated carbocycles. The topological polar surface area (TPSA) is 42.4 Å². The van der Waals surface area contributed by atoms with Crippen LogP contribution in [0.1, 0.15) is 24.5 Å². The van der Waals surface area contributed by atoms with E-state index in [0.717, 1.165) is 41.8 Å². The van der Waals surface area contributed by atoms with E-state index < -0.39 is 0 Å². The van der Waals surface area contributed by atoms with Gasteiger partial charge in [0.2, 0.25) is 0 Å². The lowest BCUT2D eigenvalue weighted by atomic mass is 9.93. The SMILES string of the molecule is CCN1CCC(c2ccccc2)=C(C(=O)OCCc2ccncc2)C1. The van der Waals surface area contributed by atoms with Crippen LogP contribution in [0.2, 0.25) is 0 Å². The van der Waals surface area contributed by atoms with Crippen molar-refractivity contribution in [2.75, 3.05) is 26.2 Å². The minimum Gasteiger partial charge on any atom is -0.462 e. The minimum absolute atomic E-state index is 0.189. The molecule has 130 valence electrons. The number of hydrogen-bond donors (Lipinski definition) is 0. The lowest BCUT2D eigenvalue weighted by molar-refractivity contribution is -0.139. The minimum atomic E-state index is -0.189. The second-order valence-corrected chi connectivity index (χ2v) is 6.18. The van der Waals surface area contributed by atoms with Crippen LogP contribution in [0, 0.1) is 0 Å². The van der Waals surface area contributed by atoms with Gasteiger partial charge in [-0.05, 0) is 41.8 Å². The molecule has 0 aliphatic carbocycles. The smallest absolute Gasteiger partial charge is 0.335 e. The maximum Gasteiger partial charge on any atom is 0.335 e. The zero-order chi connectivity index (χ0) is 17.5. The molecule has 25 heavy (non-hydrogen) atoms. The van der Waals surface area contributed by atoms with E-state index in [4.69, 9.17) is 4.74 Å². The number of nitrogens with zero attached hydrogens (tertiary/aromatic N) is 2. The fourth-order valence-corrected chi connectivity index (χ4v) is 3.13. The fourth-order valence-electron chi connectivity index (χ4n) is 3.13. The highest BCUT2D eigenvalue weighted by Gasteiger charge is 2.24. The van der Waals surface area contributed by atoms with Gasteiger partial charge in [-0.15, -0.1) is 0 Å². The Morgan fingerprint density at radius 1 is 1.16 bits per heavy atom. The maximum atomic E-state index is 12.7. The highest BCUT2D eigenvalue weighted by molar-refractivity contribution is 5.98. The van der Waals surface area contributed by atoms with Gasteiger partial charge in [-0.2, -0.15) is 0 Å². The van der Waals surface area contributed by atoms with Crippen molar-refractivity contribution in [3.05, 3.63) is 71.6 Å². The van der Waals surface area contributed by atoms with Gasteiger partial charge in [-0.3, -0.25) is 9.88 Å². The average Bonchev–Trinajstić information content (AvgIpc) is 2.69. The van der Waals surface area contributed by atoms with Crippen LogP contribution in [0.15, 0.2) is 60.4 Å². The molecule has 3 rings (SSSR count). The van der Waals surface area contributed by atoms with Crippen LogP contribution >= 0.6 is 0 Å². The van der Waals surface area contributed by atoms with Crippen molar-refractivity contribution in [1.82, 2.24) is 9.88 Å². The molecule has 1 aliphatic rings.